The zero-order chi connectivity index (χ0) is 11.6. The minimum absolute atomic E-state index is 0.0796. The minimum Gasteiger partial charge on any atom is -0.330 e. The molecule has 2 rings (SSSR count). The van der Waals surface area contributed by atoms with E-state index in [9.17, 15) is 4.21 Å². The van der Waals surface area contributed by atoms with Gasteiger partial charge in [0.2, 0.25) is 0 Å². The van der Waals surface area contributed by atoms with Gasteiger partial charge in [0.25, 0.3) is 0 Å². The van der Waals surface area contributed by atoms with Crippen molar-refractivity contribution < 1.29 is 8.49 Å². The number of amidine groups is 1. The molecule has 2 heterocycles. The van der Waals surface area contributed by atoms with E-state index in [1.54, 1.807) is 0 Å². The molecule has 6 nitrogen and oxygen atoms in total. The van der Waals surface area contributed by atoms with E-state index in [1.165, 1.54) is 0 Å². The molecule has 7 heteroatoms. The van der Waals surface area contributed by atoms with Crippen molar-refractivity contribution in [1.29, 1.82) is 0 Å². The smallest absolute Gasteiger partial charge is 0.330 e. The zero-order valence-corrected chi connectivity index (χ0v) is 10.3. The molecule has 0 spiro atoms. The first kappa shape index (κ1) is 11.8. The van der Waals surface area contributed by atoms with Gasteiger partial charge in [0.15, 0.2) is 5.84 Å². The molecule has 0 aromatic heterocycles. The second-order valence-corrected chi connectivity index (χ2v) is 5.46. The molecular weight excluding hydrogens is 228 g/mol. The molecule has 92 valence electrons. The van der Waals surface area contributed by atoms with Crippen LogP contribution in [0.4, 0.5) is 0 Å². The lowest BCUT2D eigenvalue weighted by Crippen LogP contribution is -2.44. The average molecular weight is 246 g/mol. The van der Waals surface area contributed by atoms with Gasteiger partial charge in [-0.2, -0.15) is 4.21 Å². The maximum absolute atomic E-state index is 11.0. The molecule has 0 aliphatic carbocycles. The monoisotopic (exact) mass is 246 g/mol. The number of piperidine rings is 1. The summed E-state index contributed by atoms with van der Waals surface area (Å²) in [7, 11) is 2.12. The Labute approximate surface area is 98.0 Å². The lowest BCUT2D eigenvalue weighted by molar-refractivity contribution is 0.135. The molecule has 0 amide bonds. The van der Waals surface area contributed by atoms with Crippen LogP contribution in [0.15, 0.2) is 5.16 Å². The molecule has 1 fully saturated rings. The Balaban J connectivity index is 1.97. The average Bonchev–Trinajstić information content (AvgIpc) is 2.68. The van der Waals surface area contributed by atoms with Crippen LogP contribution in [0.2, 0.25) is 0 Å². The van der Waals surface area contributed by atoms with E-state index >= 15 is 0 Å². The fraction of sp³-hybridized carbons (Fsp3) is 0.889. The number of oxime groups is 1. The minimum atomic E-state index is -1.49. The first-order valence-corrected chi connectivity index (χ1v) is 6.52. The number of nitrogens with two attached hydrogens (primary N) is 1. The van der Waals surface area contributed by atoms with Crippen molar-refractivity contribution in [3.8, 4) is 0 Å². The van der Waals surface area contributed by atoms with Crippen LogP contribution in [0.5, 0.6) is 0 Å². The van der Waals surface area contributed by atoms with E-state index in [-0.39, 0.29) is 5.41 Å². The molecule has 1 unspecified atom stereocenters. The Morgan fingerprint density at radius 2 is 2.31 bits per heavy atom. The van der Waals surface area contributed by atoms with Crippen LogP contribution in [0, 0.1) is 5.41 Å². The van der Waals surface area contributed by atoms with E-state index in [0.717, 1.165) is 32.4 Å². The van der Waals surface area contributed by atoms with Crippen molar-refractivity contribution in [2.45, 2.75) is 19.3 Å². The van der Waals surface area contributed by atoms with Crippen molar-refractivity contribution in [3.05, 3.63) is 0 Å². The van der Waals surface area contributed by atoms with E-state index < -0.39 is 11.3 Å². The van der Waals surface area contributed by atoms with Crippen LogP contribution in [-0.4, -0.2) is 41.6 Å². The molecule has 0 aromatic carbocycles. The predicted octanol–water partition coefficient (Wildman–Crippen LogP) is -0.441. The molecule has 0 radical (unpaired) electrons. The molecule has 3 N–H and O–H groups in total. The maximum atomic E-state index is 11.0. The summed E-state index contributed by atoms with van der Waals surface area (Å²) in [6.45, 7) is 2.73. The van der Waals surface area contributed by atoms with Crippen molar-refractivity contribution >= 4 is 17.1 Å². The summed E-state index contributed by atoms with van der Waals surface area (Å²) >= 11 is -1.49. The van der Waals surface area contributed by atoms with Crippen LogP contribution in [0.1, 0.15) is 19.3 Å². The van der Waals surface area contributed by atoms with Gasteiger partial charge in [-0.3, -0.25) is 9.01 Å². The number of nitrogens with one attached hydrogen (secondary N) is 1. The summed E-state index contributed by atoms with van der Waals surface area (Å²) in [5.74, 6) is 0.660. The lowest BCUT2D eigenvalue weighted by atomic mass is 9.75. The Kier molecular flexibility index (Phi) is 3.46. The van der Waals surface area contributed by atoms with Crippen LogP contribution < -0.4 is 10.5 Å². The van der Waals surface area contributed by atoms with Gasteiger partial charge in [-0.25, -0.2) is 0 Å². The van der Waals surface area contributed by atoms with Crippen LogP contribution in [0.25, 0.3) is 0 Å². The Morgan fingerprint density at radius 1 is 1.62 bits per heavy atom. The standard InChI is InChI=1S/C9H18N4O2S/c1-13-4-2-9(7-10,3-5-13)6-8-11-15-16(14)12-8/h2-7,10H2,1H3,(H,11,12). The van der Waals surface area contributed by atoms with E-state index in [1.807, 2.05) is 0 Å². The number of hydrogen-bond acceptors (Lipinski definition) is 5. The quantitative estimate of drug-likeness (QED) is 0.707. The van der Waals surface area contributed by atoms with Crippen LogP contribution in [0.3, 0.4) is 0 Å². The highest BCUT2D eigenvalue weighted by atomic mass is 32.2. The van der Waals surface area contributed by atoms with Gasteiger partial charge in [-0.05, 0) is 44.9 Å². The molecule has 0 bridgehead atoms. The van der Waals surface area contributed by atoms with E-state index in [2.05, 4.69) is 26.1 Å². The van der Waals surface area contributed by atoms with Gasteiger partial charge in [0.05, 0.1) is 0 Å². The van der Waals surface area contributed by atoms with Crippen molar-refractivity contribution in [2.24, 2.45) is 16.3 Å². The van der Waals surface area contributed by atoms with Gasteiger partial charge in [-0.15, -0.1) is 0 Å². The number of likely N-dealkylation sites (tertiary alicyclic amines) is 1. The summed E-state index contributed by atoms with van der Waals surface area (Å²) < 4.78 is 18.3. The topological polar surface area (TPSA) is 79.9 Å². The third kappa shape index (κ3) is 2.53. The van der Waals surface area contributed by atoms with Gasteiger partial charge >= 0.3 is 11.3 Å². The largest absolute Gasteiger partial charge is 0.338 e. The molecule has 2 aliphatic rings. The molecule has 16 heavy (non-hydrogen) atoms. The molecular formula is C9H18N4O2S. The van der Waals surface area contributed by atoms with Gasteiger partial charge < -0.3 is 10.6 Å². The lowest BCUT2D eigenvalue weighted by Gasteiger charge is -2.39. The van der Waals surface area contributed by atoms with Crippen molar-refractivity contribution in [2.75, 3.05) is 26.7 Å². The normalized spacial score (nSPS) is 29.4. The van der Waals surface area contributed by atoms with Crippen molar-refractivity contribution in [3.63, 3.8) is 0 Å². The highest BCUT2D eigenvalue weighted by Crippen LogP contribution is 2.34. The zero-order valence-electron chi connectivity index (χ0n) is 9.44. The summed E-state index contributed by atoms with van der Waals surface area (Å²) in [5, 5.41) is 3.76. The fourth-order valence-electron chi connectivity index (χ4n) is 2.18. The number of hydrogen-bond donors (Lipinski definition) is 2. The maximum Gasteiger partial charge on any atom is 0.338 e. The van der Waals surface area contributed by atoms with Crippen molar-refractivity contribution in [1.82, 2.24) is 9.62 Å². The molecule has 1 saturated heterocycles. The summed E-state index contributed by atoms with van der Waals surface area (Å²) in [6.07, 6.45) is 2.82. The van der Waals surface area contributed by atoms with Crippen LogP contribution >= 0.6 is 0 Å². The summed E-state index contributed by atoms with van der Waals surface area (Å²) in [5.41, 5.74) is 5.96. The highest BCUT2D eigenvalue weighted by Gasteiger charge is 2.35. The predicted molar refractivity (Wildman–Crippen MR) is 62.6 cm³/mol. The number of rotatable bonds is 3. The molecule has 2 aliphatic heterocycles. The highest BCUT2D eigenvalue weighted by molar-refractivity contribution is 7.79. The van der Waals surface area contributed by atoms with E-state index in [4.69, 9.17) is 5.73 Å². The first-order valence-electron chi connectivity index (χ1n) is 5.45. The molecule has 0 aromatic rings. The Hall–Kier alpha value is -0.660. The Morgan fingerprint density at radius 3 is 2.81 bits per heavy atom. The van der Waals surface area contributed by atoms with Gasteiger partial charge in [0, 0.05) is 6.42 Å². The third-order valence-corrected chi connectivity index (χ3v) is 4.05. The van der Waals surface area contributed by atoms with Gasteiger partial charge in [0.1, 0.15) is 0 Å². The Bertz CT molecular complexity index is 313. The number of nitrogens with zero attached hydrogens (tertiary/aromatic N) is 2. The second-order valence-electron chi connectivity index (χ2n) is 4.63. The molecule has 0 saturated carbocycles. The van der Waals surface area contributed by atoms with E-state index in [0.29, 0.717) is 12.4 Å². The summed E-state index contributed by atoms with van der Waals surface area (Å²) in [4.78, 5) is 2.30. The first-order chi connectivity index (χ1) is 7.63. The van der Waals surface area contributed by atoms with Gasteiger partial charge in [-0.1, -0.05) is 5.16 Å². The summed E-state index contributed by atoms with van der Waals surface area (Å²) in [6, 6.07) is 0. The second kappa shape index (κ2) is 4.68. The SMILES string of the molecule is CN1CCC(CN)(CC2=NOS(=O)N2)CC1. The van der Waals surface area contributed by atoms with Crippen LogP contribution in [-0.2, 0) is 15.6 Å². The fourth-order valence-corrected chi connectivity index (χ4v) is 2.68. The third-order valence-electron chi connectivity index (χ3n) is 3.44. The molecule has 1 atom stereocenters.